The molecule has 0 bridgehead atoms. The first-order valence-electron chi connectivity index (χ1n) is 10.5. The number of thiophene rings is 1. The Hall–Kier alpha value is -1.84. The topological polar surface area (TPSA) is 21.3 Å². The Labute approximate surface area is 140 Å². The summed E-state index contributed by atoms with van der Waals surface area (Å²) in [7, 11) is 0. The Kier molecular flexibility index (Phi) is 2.39. The Morgan fingerprint density at radius 1 is 1.33 bits per heavy atom. The van der Waals surface area contributed by atoms with E-state index in [4.69, 9.17) is 15.7 Å². The van der Waals surface area contributed by atoms with Crippen LogP contribution in [0.15, 0.2) is 59.9 Å². The lowest BCUT2D eigenvalue weighted by Gasteiger charge is -2.19. The Morgan fingerprint density at radius 2 is 2.24 bits per heavy atom. The largest absolute Gasteiger partial charge is 0.484 e. The van der Waals surface area contributed by atoms with Gasteiger partial charge in [-0.25, -0.2) is 0 Å². The number of rotatable bonds is 6. The van der Waals surface area contributed by atoms with E-state index in [1.165, 1.54) is 0 Å². The molecule has 0 fully saturated rings. The van der Waals surface area contributed by atoms with Crippen LogP contribution in [0.4, 0.5) is 0 Å². The molecule has 3 aromatic rings. The molecule has 21 heavy (non-hydrogen) atoms. The first kappa shape index (κ1) is 7.43. The summed E-state index contributed by atoms with van der Waals surface area (Å²) >= 11 is 0.864. The van der Waals surface area contributed by atoms with E-state index in [0.717, 1.165) is 22.1 Å². The van der Waals surface area contributed by atoms with Gasteiger partial charge in [-0.05, 0) is 36.3 Å². The van der Waals surface area contributed by atoms with Crippen molar-refractivity contribution in [2.75, 3.05) is 13.5 Å². The minimum absolute atomic E-state index is 0.124. The van der Waals surface area contributed by atoms with E-state index in [9.17, 15) is 0 Å². The molecule has 108 valence electrons. The summed E-state index contributed by atoms with van der Waals surface area (Å²) in [5, 5.41) is 3.53. The van der Waals surface area contributed by atoms with Crippen molar-refractivity contribution in [2.45, 2.75) is 12.5 Å². The maximum Gasteiger partial charge on any atom is 0.134 e. The predicted octanol–water partition coefficient (Wildman–Crippen LogP) is 4.63. The third-order valence-corrected chi connectivity index (χ3v) is 3.87. The van der Waals surface area contributed by atoms with Crippen LogP contribution in [0, 0.1) is 0 Å². The molecule has 0 aliphatic heterocycles. The average Bonchev–Trinajstić information content (AvgIpc) is 2.86. The summed E-state index contributed by atoms with van der Waals surface area (Å²) in [6, 6.07) is 12.4. The van der Waals surface area contributed by atoms with Crippen molar-refractivity contribution in [1.29, 1.82) is 0 Å². The fourth-order valence-corrected chi connectivity index (χ4v) is 2.70. The van der Waals surface area contributed by atoms with Crippen molar-refractivity contribution in [3.8, 4) is 5.75 Å². The molecule has 0 radical (unpaired) electrons. The number of hydrogen-bond acceptors (Lipinski definition) is 3. The van der Waals surface area contributed by atoms with E-state index >= 15 is 0 Å². The molecule has 3 heteroatoms. The molecule has 1 aromatic heterocycles. The van der Waals surface area contributed by atoms with Crippen LogP contribution >= 0.6 is 11.3 Å². The van der Waals surface area contributed by atoms with Gasteiger partial charge in [0.1, 0.15) is 11.9 Å². The highest BCUT2D eigenvalue weighted by Crippen LogP contribution is 2.32. The SMILES string of the molecule is [2H]c1sc(C(CC([2H])([2H])NC([2H])([2H])[2H])Oc2cccc3ccccc23)c([2H])c1[2H]. The fourth-order valence-electron chi connectivity index (χ4n) is 2.12. The van der Waals surface area contributed by atoms with E-state index in [1.807, 2.05) is 35.6 Å². The van der Waals surface area contributed by atoms with Crippen molar-refractivity contribution in [2.24, 2.45) is 0 Å². The lowest BCUT2D eigenvalue weighted by Crippen LogP contribution is -2.15. The number of benzene rings is 2. The second-order valence-corrected chi connectivity index (χ2v) is 5.26. The maximum absolute atomic E-state index is 8.13. The van der Waals surface area contributed by atoms with E-state index < -0.39 is 26.0 Å². The molecule has 1 N–H and O–H groups in total. The quantitative estimate of drug-likeness (QED) is 0.717. The van der Waals surface area contributed by atoms with Crippen molar-refractivity contribution in [3.05, 3.63) is 64.8 Å². The van der Waals surface area contributed by atoms with Crippen molar-refractivity contribution >= 4 is 22.1 Å². The molecule has 1 atom stereocenters. The second kappa shape index (κ2) is 6.74. The fraction of sp³-hybridized carbons (Fsp3) is 0.222. The first-order valence-corrected chi connectivity index (χ1v) is 7.29. The average molecular weight is 305 g/mol. The zero-order valence-corrected chi connectivity index (χ0v) is 12.0. The lowest BCUT2D eigenvalue weighted by atomic mass is 10.1. The van der Waals surface area contributed by atoms with E-state index in [0.29, 0.717) is 5.75 Å². The van der Waals surface area contributed by atoms with Gasteiger partial charge in [-0.2, -0.15) is 0 Å². The first-order chi connectivity index (χ1) is 13.5. The molecule has 0 saturated heterocycles. The summed E-state index contributed by atoms with van der Waals surface area (Å²) in [6.45, 7) is -5.03. The van der Waals surface area contributed by atoms with Crippen LogP contribution in [-0.4, -0.2) is 13.5 Å². The van der Waals surface area contributed by atoms with Gasteiger partial charge in [0, 0.05) is 23.5 Å². The van der Waals surface area contributed by atoms with Crippen LogP contribution in [-0.2, 0) is 0 Å². The molecule has 0 amide bonds. The molecule has 0 aliphatic rings. The number of nitrogens with one attached hydrogen (secondary N) is 1. The molecule has 1 unspecified atom stereocenters. The van der Waals surface area contributed by atoms with Crippen molar-refractivity contribution in [1.82, 2.24) is 5.32 Å². The van der Waals surface area contributed by atoms with Gasteiger partial charge in [0.2, 0.25) is 0 Å². The molecule has 2 nitrogen and oxygen atoms in total. The van der Waals surface area contributed by atoms with Crippen molar-refractivity contribution < 1.29 is 15.7 Å². The summed E-state index contributed by atoms with van der Waals surface area (Å²) < 4.78 is 67.9. The Bertz CT molecular complexity index is 1010. The van der Waals surface area contributed by atoms with Crippen LogP contribution in [0.2, 0.25) is 0 Å². The second-order valence-electron chi connectivity index (χ2n) is 4.41. The standard InChI is InChI=1S/C18H19NOS/c1-19-12-11-17(18-10-5-13-21-18)20-16-9-4-7-14-6-2-3-8-15(14)16/h2-10,13,17,19H,11-12H2,1H3/i1D3,5D,10D,12D2,13D. The summed E-state index contributed by atoms with van der Waals surface area (Å²) in [6.07, 6.45) is -1.47. The lowest BCUT2D eigenvalue weighted by molar-refractivity contribution is 0.201. The summed E-state index contributed by atoms with van der Waals surface area (Å²) in [4.78, 5) is 0.212. The summed E-state index contributed by atoms with van der Waals surface area (Å²) in [5.74, 6) is 0.448. The minimum Gasteiger partial charge on any atom is -0.484 e. The summed E-state index contributed by atoms with van der Waals surface area (Å²) in [5.41, 5.74) is 0. The van der Waals surface area contributed by atoms with Gasteiger partial charge in [0.25, 0.3) is 0 Å². The molecule has 3 rings (SSSR count). The van der Waals surface area contributed by atoms with Crippen LogP contribution in [0.1, 0.15) is 28.4 Å². The van der Waals surface area contributed by atoms with Crippen LogP contribution in [0.3, 0.4) is 0 Å². The molecular weight excluding hydrogens is 278 g/mol. The normalized spacial score (nSPS) is 19.2. The van der Waals surface area contributed by atoms with Crippen LogP contribution in [0.5, 0.6) is 5.75 Å². The highest BCUT2D eigenvalue weighted by Gasteiger charge is 2.15. The number of hydrogen-bond donors (Lipinski definition) is 1. The number of ether oxygens (including phenoxy) is 1. The van der Waals surface area contributed by atoms with E-state index in [-0.39, 0.29) is 22.3 Å². The van der Waals surface area contributed by atoms with Gasteiger partial charge in [0.15, 0.2) is 0 Å². The molecule has 0 saturated carbocycles. The highest BCUT2D eigenvalue weighted by atomic mass is 32.1. The highest BCUT2D eigenvalue weighted by molar-refractivity contribution is 7.10. The van der Waals surface area contributed by atoms with Crippen LogP contribution in [0.25, 0.3) is 10.8 Å². The smallest absolute Gasteiger partial charge is 0.134 e. The monoisotopic (exact) mass is 305 g/mol. The third kappa shape index (κ3) is 3.26. The van der Waals surface area contributed by atoms with Gasteiger partial charge in [-0.15, -0.1) is 11.3 Å². The maximum atomic E-state index is 8.13. The Balaban J connectivity index is 2.02. The van der Waals surface area contributed by atoms with Gasteiger partial charge in [0.05, 0.1) is 4.11 Å². The van der Waals surface area contributed by atoms with Crippen molar-refractivity contribution in [3.63, 3.8) is 0 Å². The molecule has 0 spiro atoms. The Morgan fingerprint density at radius 3 is 3.10 bits per heavy atom. The molecule has 2 aromatic carbocycles. The van der Waals surface area contributed by atoms with Gasteiger partial charge < -0.3 is 10.1 Å². The van der Waals surface area contributed by atoms with Gasteiger partial charge in [-0.1, -0.05) is 42.4 Å². The van der Waals surface area contributed by atoms with Gasteiger partial charge >= 0.3 is 0 Å². The van der Waals surface area contributed by atoms with E-state index in [2.05, 4.69) is 0 Å². The number of fused-ring (bicyclic) bond motifs is 1. The molecule has 1 heterocycles. The zero-order valence-electron chi connectivity index (χ0n) is 19.1. The third-order valence-electron chi connectivity index (χ3n) is 3.08. The zero-order chi connectivity index (χ0) is 21.4. The minimum atomic E-state index is -2.70. The molecule has 0 aliphatic carbocycles. The molecular formula is C18H19NOS. The van der Waals surface area contributed by atoms with Gasteiger partial charge in [-0.3, -0.25) is 0 Å². The predicted molar refractivity (Wildman–Crippen MR) is 90.2 cm³/mol. The van der Waals surface area contributed by atoms with Crippen LogP contribution < -0.4 is 10.1 Å². The van der Waals surface area contributed by atoms with E-state index in [1.54, 1.807) is 12.1 Å².